The summed E-state index contributed by atoms with van der Waals surface area (Å²) in [6, 6.07) is 0. The SMILES string of the molecule is CC(C)(CNCC1CCCCC1)n1c[c]nc1C(N)=O. The van der Waals surface area contributed by atoms with Gasteiger partial charge in [-0.1, -0.05) is 19.3 Å². The van der Waals surface area contributed by atoms with Gasteiger partial charge in [-0.3, -0.25) is 4.79 Å². The maximum absolute atomic E-state index is 11.3. The first-order valence-electron chi connectivity index (χ1n) is 7.47. The van der Waals surface area contributed by atoms with Gasteiger partial charge in [0.2, 0.25) is 0 Å². The summed E-state index contributed by atoms with van der Waals surface area (Å²) in [5, 5.41) is 3.54. The zero-order chi connectivity index (χ0) is 14.6. The van der Waals surface area contributed by atoms with E-state index in [0.717, 1.165) is 19.0 Å². The van der Waals surface area contributed by atoms with Crippen molar-refractivity contribution in [3.63, 3.8) is 0 Å². The van der Waals surface area contributed by atoms with Crippen molar-refractivity contribution in [3.05, 3.63) is 18.2 Å². The summed E-state index contributed by atoms with van der Waals surface area (Å²) in [6.07, 6.45) is 11.2. The molecule has 0 aliphatic heterocycles. The van der Waals surface area contributed by atoms with Crippen LogP contribution in [-0.2, 0) is 5.54 Å². The Morgan fingerprint density at radius 2 is 2.20 bits per heavy atom. The minimum absolute atomic E-state index is 0.244. The lowest BCUT2D eigenvalue weighted by Crippen LogP contribution is -2.41. The molecule has 1 aliphatic carbocycles. The quantitative estimate of drug-likeness (QED) is 0.831. The van der Waals surface area contributed by atoms with E-state index in [-0.39, 0.29) is 11.4 Å². The van der Waals surface area contributed by atoms with Gasteiger partial charge in [0.1, 0.15) is 6.20 Å². The highest BCUT2D eigenvalue weighted by Crippen LogP contribution is 2.23. The van der Waals surface area contributed by atoms with Gasteiger partial charge < -0.3 is 15.6 Å². The van der Waals surface area contributed by atoms with Gasteiger partial charge in [0, 0.05) is 12.7 Å². The number of hydrogen-bond acceptors (Lipinski definition) is 3. The third-order valence-electron chi connectivity index (χ3n) is 4.17. The van der Waals surface area contributed by atoms with E-state index in [1.54, 1.807) is 6.20 Å². The van der Waals surface area contributed by atoms with Gasteiger partial charge in [-0.2, -0.15) is 0 Å². The summed E-state index contributed by atoms with van der Waals surface area (Å²) in [5.74, 6) is 0.561. The van der Waals surface area contributed by atoms with Crippen molar-refractivity contribution >= 4 is 5.91 Å². The highest BCUT2D eigenvalue weighted by Gasteiger charge is 2.25. The fourth-order valence-electron chi connectivity index (χ4n) is 2.96. The minimum atomic E-state index is -0.508. The summed E-state index contributed by atoms with van der Waals surface area (Å²) >= 11 is 0. The molecular formula is C15H25N4O. The summed E-state index contributed by atoms with van der Waals surface area (Å²) < 4.78 is 1.81. The first kappa shape index (κ1) is 15.0. The average molecular weight is 277 g/mol. The van der Waals surface area contributed by atoms with Crippen LogP contribution in [0, 0.1) is 12.1 Å². The van der Waals surface area contributed by atoms with Gasteiger partial charge in [-0.05, 0) is 39.2 Å². The van der Waals surface area contributed by atoms with E-state index in [4.69, 9.17) is 5.73 Å². The fourth-order valence-corrected chi connectivity index (χ4v) is 2.96. The smallest absolute Gasteiger partial charge is 0.284 e. The van der Waals surface area contributed by atoms with Crippen LogP contribution in [0.1, 0.15) is 56.6 Å². The lowest BCUT2D eigenvalue weighted by molar-refractivity contribution is 0.0978. The van der Waals surface area contributed by atoms with E-state index in [1.165, 1.54) is 32.1 Å². The molecule has 0 bridgehead atoms. The van der Waals surface area contributed by atoms with E-state index in [0.29, 0.717) is 0 Å². The maximum Gasteiger partial charge on any atom is 0.284 e. The highest BCUT2D eigenvalue weighted by atomic mass is 16.1. The van der Waals surface area contributed by atoms with Crippen LogP contribution in [0.4, 0.5) is 0 Å². The molecule has 3 N–H and O–H groups in total. The number of hydrogen-bond donors (Lipinski definition) is 2. The third kappa shape index (κ3) is 3.60. The van der Waals surface area contributed by atoms with Crippen LogP contribution in [0.2, 0.25) is 0 Å². The Bertz CT molecular complexity index is 446. The van der Waals surface area contributed by atoms with Crippen molar-refractivity contribution < 1.29 is 4.79 Å². The van der Waals surface area contributed by atoms with Crippen molar-refractivity contribution in [2.75, 3.05) is 13.1 Å². The van der Waals surface area contributed by atoms with E-state index in [2.05, 4.69) is 30.3 Å². The molecule has 0 aromatic carbocycles. The van der Waals surface area contributed by atoms with Gasteiger partial charge in [0.25, 0.3) is 5.91 Å². The molecule has 5 heteroatoms. The molecule has 1 amide bonds. The summed E-state index contributed by atoms with van der Waals surface area (Å²) in [4.78, 5) is 15.3. The van der Waals surface area contributed by atoms with Crippen LogP contribution in [0.3, 0.4) is 0 Å². The van der Waals surface area contributed by atoms with E-state index >= 15 is 0 Å². The van der Waals surface area contributed by atoms with Crippen molar-refractivity contribution in [2.45, 2.75) is 51.5 Å². The Kier molecular flexibility index (Phi) is 4.81. The topological polar surface area (TPSA) is 72.9 Å². The summed E-state index contributed by atoms with van der Waals surface area (Å²) in [5.41, 5.74) is 5.09. The zero-order valence-electron chi connectivity index (χ0n) is 12.5. The maximum atomic E-state index is 11.3. The van der Waals surface area contributed by atoms with Gasteiger partial charge in [-0.15, -0.1) is 0 Å². The molecule has 0 saturated heterocycles. The van der Waals surface area contributed by atoms with Crippen molar-refractivity contribution in [1.82, 2.24) is 14.9 Å². The molecule has 20 heavy (non-hydrogen) atoms. The number of primary amides is 1. The molecule has 111 valence electrons. The second-order valence-corrected chi connectivity index (χ2v) is 6.38. The van der Waals surface area contributed by atoms with Crippen LogP contribution in [-0.4, -0.2) is 28.5 Å². The molecule has 5 nitrogen and oxygen atoms in total. The Morgan fingerprint density at radius 1 is 1.50 bits per heavy atom. The predicted octanol–water partition coefficient (Wildman–Crippen LogP) is 1.69. The number of imidazole rings is 1. The number of nitrogens with zero attached hydrogens (tertiary/aromatic N) is 2. The lowest BCUT2D eigenvalue weighted by Gasteiger charge is -2.30. The molecular weight excluding hydrogens is 252 g/mol. The molecule has 1 saturated carbocycles. The lowest BCUT2D eigenvalue weighted by atomic mass is 9.89. The third-order valence-corrected chi connectivity index (χ3v) is 4.17. The Labute approximate surface area is 120 Å². The standard InChI is InChI=1S/C15H25N4O/c1-15(2,19-9-8-18-14(19)13(16)20)11-17-10-12-6-4-3-5-7-12/h9,12,17H,3-7,10-11H2,1-2H3,(H2,16,20). The number of nitrogens with one attached hydrogen (secondary N) is 1. The van der Waals surface area contributed by atoms with Crippen molar-refractivity contribution in [3.8, 4) is 0 Å². The molecule has 0 spiro atoms. The van der Waals surface area contributed by atoms with Gasteiger partial charge in [0.15, 0.2) is 5.82 Å². The zero-order valence-corrected chi connectivity index (χ0v) is 12.5. The molecule has 1 aromatic rings. The summed E-state index contributed by atoms with van der Waals surface area (Å²) in [6.45, 7) is 5.98. The molecule has 2 rings (SSSR count). The van der Waals surface area contributed by atoms with Gasteiger partial charge in [-0.25, -0.2) is 4.98 Å². The molecule has 0 atom stereocenters. The van der Waals surface area contributed by atoms with Gasteiger partial charge in [0.05, 0.1) is 5.54 Å². The number of amides is 1. The first-order chi connectivity index (χ1) is 9.50. The van der Waals surface area contributed by atoms with Crippen molar-refractivity contribution in [2.24, 2.45) is 11.7 Å². The van der Waals surface area contributed by atoms with E-state index in [9.17, 15) is 4.79 Å². The van der Waals surface area contributed by atoms with Crippen LogP contribution < -0.4 is 11.1 Å². The second kappa shape index (κ2) is 6.39. The molecule has 1 aliphatic rings. The average Bonchev–Trinajstić information content (AvgIpc) is 2.90. The molecule has 1 heterocycles. The Hall–Kier alpha value is -1.36. The summed E-state index contributed by atoms with van der Waals surface area (Å²) in [7, 11) is 0. The Balaban J connectivity index is 1.89. The van der Waals surface area contributed by atoms with Crippen LogP contribution in [0.5, 0.6) is 0 Å². The fraction of sp³-hybridized carbons (Fsp3) is 0.733. The molecule has 0 unspecified atom stereocenters. The number of carbonyl (C=O) groups is 1. The highest BCUT2D eigenvalue weighted by molar-refractivity contribution is 5.89. The molecule has 1 fully saturated rings. The largest absolute Gasteiger partial charge is 0.363 e. The number of rotatable bonds is 6. The number of carbonyl (C=O) groups excluding carboxylic acids is 1. The normalized spacial score (nSPS) is 17.3. The molecule has 1 aromatic heterocycles. The minimum Gasteiger partial charge on any atom is -0.363 e. The van der Waals surface area contributed by atoms with Crippen LogP contribution >= 0.6 is 0 Å². The Morgan fingerprint density at radius 3 is 2.85 bits per heavy atom. The second-order valence-electron chi connectivity index (χ2n) is 6.38. The number of nitrogens with two attached hydrogens (primary N) is 1. The first-order valence-corrected chi connectivity index (χ1v) is 7.47. The monoisotopic (exact) mass is 277 g/mol. The van der Waals surface area contributed by atoms with Crippen LogP contribution in [0.25, 0.3) is 0 Å². The van der Waals surface area contributed by atoms with E-state index in [1.807, 2.05) is 4.57 Å². The van der Waals surface area contributed by atoms with E-state index < -0.39 is 5.91 Å². The predicted molar refractivity (Wildman–Crippen MR) is 78.3 cm³/mol. The van der Waals surface area contributed by atoms with Crippen LogP contribution in [0.15, 0.2) is 6.20 Å². The van der Waals surface area contributed by atoms with Crippen molar-refractivity contribution in [1.29, 1.82) is 0 Å². The van der Waals surface area contributed by atoms with Gasteiger partial charge >= 0.3 is 0 Å². The number of aromatic nitrogens is 2. The molecule has 1 radical (unpaired) electrons.